The van der Waals surface area contributed by atoms with Gasteiger partial charge < -0.3 is 9.14 Å². The zero-order chi connectivity index (χ0) is 17.4. The Morgan fingerprint density at radius 3 is 2.88 bits per heavy atom. The second-order valence-electron chi connectivity index (χ2n) is 5.31. The summed E-state index contributed by atoms with van der Waals surface area (Å²) in [5, 5.41) is 0. The third-order valence-electron chi connectivity index (χ3n) is 3.68. The van der Waals surface area contributed by atoms with Crippen LogP contribution in [0.1, 0.15) is 22.8 Å². The maximum absolute atomic E-state index is 12.9. The highest BCUT2D eigenvalue weighted by Crippen LogP contribution is 2.29. The normalized spacial score (nSPS) is 11.1. The van der Waals surface area contributed by atoms with E-state index in [4.69, 9.17) is 17.0 Å². The summed E-state index contributed by atoms with van der Waals surface area (Å²) in [6.45, 7) is 7.95. The highest BCUT2D eigenvalue weighted by atomic mass is 32.1. The van der Waals surface area contributed by atoms with Gasteiger partial charge in [0.05, 0.1) is 16.8 Å². The van der Waals surface area contributed by atoms with Crippen LogP contribution in [-0.2, 0) is 11.3 Å². The minimum Gasteiger partial charge on any atom is -0.462 e. The fraction of sp³-hybridized carbons (Fsp3) is 0.235. The summed E-state index contributed by atoms with van der Waals surface area (Å²) in [5.74, 6) is -0.444. The van der Waals surface area contributed by atoms with Gasteiger partial charge >= 0.3 is 5.97 Å². The summed E-state index contributed by atoms with van der Waals surface area (Å²) in [6, 6.07) is 3.73. The van der Waals surface area contributed by atoms with Crippen molar-refractivity contribution in [3.8, 4) is 0 Å². The zero-order valence-corrected chi connectivity index (χ0v) is 15.0. The molecule has 0 saturated carbocycles. The quantitative estimate of drug-likeness (QED) is 0.404. The maximum Gasteiger partial charge on any atom is 0.341 e. The molecule has 3 aromatic heterocycles. The van der Waals surface area contributed by atoms with Crippen LogP contribution in [-0.4, -0.2) is 21.5 Å². The van der Waals surface area contributed by atoms with Crippen LogP contribution in [0, 0.1) is 10.9 Å². The van der Waals surface area contributed by atoms with Gasteiger partial charge in [-0.1, -0.05) is 12.1 Å². The Labute approximate surface area is 147 Å². The molecule has 5 nitrogen and oxygen atoms in total. The van der Waals surface area contributed by atoms with Crippen molar-refractivity contribution in [3.05, 3.63) is 56.4 Å². The van der Waals surface area contributed by atoms with Crippen molar-refractivity contribution in [2.75, 3.05) is 6.61 Å². The first kappa shape index (κ1) is 16.6. The summed E-state index contributed by atoms with van der Waals surface area (Å²) >= 11 is 6.59. The molecule has 0 N–H and O–H groups in total. The molecule has 0 spiro atoms. The number of aromatic nitrogens is 2. The SMILES string of the molecule is C=CCn1c(=S)sc2c(C(=O)OCC)c3ccc(C)cn3c2c1=O. The molecule has 3 heterocycles. The number of allylic oxidation sites excluding steroid dienone is 1. The number of hydrogen-bond donors (Lipinski definition) is 0. The average Bonchev–Trinajstić information content (AvgIpc) is 2.84. The Bertz CT molecular complexity index is 1090. The van der Waals surface area contributed by atoms with Crippen LogP contribution in [0.5, 0.6) is 0 Å². The number of fused-ring (bicyclic) bond motifs is 3. The van der Waals surface area contributed by atoms with E-state index >= 15 is 0 Å². The lowest BCUT2D eigenvalue weighted by molar-refractivity contribution is 0.0531. The highest BCUT2D eigenvalue weighted by molar-refractivity contribution is 7.73. The van der Waals surface area contributed by atoms with Gasteiger partial charge in [0.25, 0.3) is 5.56 Å². The molecule has 0 unspecified atom stereocenters. The topological polar surface area (TPSA) is 52.7 Å². The van der Waals surface area contributed by atoms with Crippen LogP contribution in [0.4, 0.5) is 0 Å². The number of esters is 1. The fourth-order valence-corrected chi connectivity index (χ4v) is 4.10. The van der Waals surface area contributed by atoms with E-state index in [0.29, 0.717) is 31.8 Å². The van der Waals surface area contributed by atoms with E-state index in [1.807, 2.05) is 25.3 Å². The van der Waals surface area contributed by atoms with Gasteiger partial charge in [-0.15, -0.1) is 17.9 Å². The number of hydrogen-bond acceptors (Lipinski definition) is 5. The lowest BCUT2D eigenvalue weighted by Crippen LogP contribution is -2.20. The summed E-state index contributed by atoms with van der Waals surface area (Å²) in [5.41, 5.74) is 2.23. The molecule has 0 fully saturated rings. The largest absolute Gasteiger partial charge is 0.462 e. The number of carbonyl (C=O) groups is 1. The Hall–Kier alpha value is -2.25. The van der Waals surface area contributed by atoms with Gasteiger partial charge in [-0.05, 0) is 37.7 Å². The molecule has 7 heteroatoms. The summed E-state index contributed by atoms with van der Waals surface area (Å²) in [7, 11) is 0. The van der Waals surface area contributed by atoms with Gasteiger partial charge in [-0.25, -0.2) is 4.79 Å². The van der Waals surface area contributed by atoms with E-state index in [0.717, 1.165) is 5.56 Å². The minimum atomic E-state index is -0.444. The first-order valence-corrected chi connectivity index (χ1v) is 8.68. The van der Waals surface area contributed by atoms with Gasteiger partial charge in [0.1, 0.15) is 11.1 Å². The van der Waals surface area contributed by atoms with Crippen LogP contribution < -0.4 is 5.56 Å². The molecule has 0 radical (unpaired) electrons. The average molecular weight is 360 g/mol. The van der Waals surface area contributed by atoms with Crippen molar-refractivity contribution < 1.29 is 9.53 Å². The second kappa shape index (κ2) is 6.33. The van der Waals surface area contributed by atoms with E-state index in [9.17, 15) is 9.59 Å². The second-order valence-corrected chi connectivity index (χ2v) is 6.95. The molecule has 0 amide bonds. The van der Waals surface area contributed by atoms with Crippen molar-refractivity contribution in [1.29, 1.82) is 0 Å². The number of ether oxygens (including phenoxy) is 1. The first-order valence-electron chi connectivity index (χ1n) is 7.46. The Morgan fingerprint density at radius 2 is 2.21 bits per heavy atom. The van der Waals surface area contributed by atoms with E-state index < -0.39 is 5.97 Å². The molecule has 0 aromatic carbocycles. The van der Waals surface area contributed by atoms with Gasteiger partial charge in [0.2, 0.25) is 0 Å². The predicted molar refractivity (Wildman–Crippen MR) is 98.8 cm³/mol. The molecule has 3 rings (SSSR count). The van der Waals surface area contributed by atoms with Gasteiger partial charge in [-0.3, -0.25) is 9.36 Å². The molecule has 124 valence electrons. The number of nitrogens with zero attached hydrogens (tertiary/aromatic N) is 2. The van der Waals surface area contributed by atoms with Gasteiger partial charge in [0.15, 0.2) is 3.95 Å². The van der Waals surface area contributed by atoms with Crippen LogP contribution in [0.25, 0.3) is 15.7 Å². The predicted octanol–water partition coefficient (Wildman–Crippen LogP) is 3.72. The van der Waals surface area contributed by atoms with Crippen LogP contribution in [0.2, 0.25) is 0 Å². The van der Waals surface area contributed by atoms with Crippen LogP contribution in [0.15, 0.2) is 35.8 Å². The van der Waals surface area contributed by atoms with Crippen molar-refractivity contribution in [1.82, 2.24) is 8.97 Å². The van der Waals surface area contributed by atoms with Crippen molar-refractivity contribution in [2.24, 2.45) is 0 Å². The number of rotatable bonds is 4. The Morgan fingerprint density at radius 1 is 1.46 bits per heavy atom. The number of carbonyl (C=O) groups excluding carboxylic acids is 1. The third-order valence-corrected chi connectivity index (χ3v) is 5.15. The van der Waals surface area contributed by atoms with Crippen LogP contribution >= 0.6 is 23.6 Å². The summed E-state index contributed by atoms with van der Waals surface area (Å²) in [4.78, 5) is 25.4. The molecule has 3 aromatic rings. The lowest BCUT2D eigenvalue weighted by atomic mass is 10.2. The molecule has 24 heavy (non-hydrogen) atoms. The van der Waals surface area contributed by atoms with Gasteiger partial charge in [0, 0.05) is 12.7 Å². The molecule has 0 aliphatic rings. The standard InChI is InChI=1S/C17H16N2O3S2/c1-4-8-18-15(20)13-14(24-17(18)23)12(16(21)22-5-2)11-7-6-10(3)9-19(11)13/h4,6-7,9H,1,5,8H2,2-3H3. The van der Waals surface area contributed by atoms with Crippen molar-refractivity contribution >= 4 is 45.3 Å². The van der Waals surface area contributed by atoms with Crippen molar-refractivity contribution in [3.63, 3.8) is 0 Å². The van der Waals surface area contributed by atoms with Crippen molar-refractivity contribution in [2.45, 2.75) is 20.4 Å². The van der Waals surface area contributed by atoms with Crippen LogP contribution in [0.3, 0.4) is 0 Å². The fourth-order valence-electron chi connectivity index (χ4n) is 2.68. The minimum absolute atomic E-state index is 0.232. The molecular formula is C17H16N2O3S2. The molecule has 0 bridgehead atoms. The monoisotopic (exact) mass is 360 g/mol. The maximum atomic E-state index is 12.9. The number of aryl methyl sites for hydroxylation is 1. The molecule has 0 aliphatic heterocycles. The van der Waals surface area contributed by atoms with E-state index in [-0.39, 0.29) is 12.2 Å². The van der Waals surface area contributed by atoms with E-state index in [2.05, 4.69) is 6.58 Å². The highest BCUT2D eigenvalue weighted by Gasteiger charge is 2.23. The molecule has 0 aliphatic carbocycles. The molecular weight excluding hydrogens is 344 g/mol. The first-order chi connectivity index (χ1) is 11.5. The van der Waals surface area contributed by atoms with E-state index in [1.165, 1.54) is 15.9 Å². The Balaban J connectivity index is 2.55. The van der Waals surface area contributed by atoms with E-state index in [1.54, 1.807) is 17.4 Å². The molecule has 0 saturated heterocycles. The number of pyridine rings is 1. The third kappa shape index (κ3) is 2.50. The smallest absolute Gasteiger partial charge is 0.341 e. The molecule has 0 atom stereocenters. The summed E-state index contributed by atoms with van der Waals surface area (Å²) < 4.78 is 9.40. The lowest BCUT2D eigenvalue weighted by Gasteiger charge is -2.03. The zero-order valence-electron chi connectivity index (χ0n) is 13.4. The summed E-state index contributed by atoms with van der Waals surface area (Å²) in [6.07, 6.45) is 3.47. The van der Waals surface area contributed by atoms with Gasteiger partial charge in [-0.2, -0.15) is 0 Å². The Kier molecular flexibility index (Phi) is 4.38.